The molecule has 0 radical (unpaired) electrons. The largest absolute Gasteiger partial charge is 0.308 e. The Labute approximate surface area is 180 Å². The molecule has 0 aliphatic carbocycles. The van der Waals surface area contributed by atoms with E-state index < -0.39 is 5.56 Å². The third-order valence-corrected chi connectivity index (χ3v) is 6.84. The Hall–Kier alpha value is -3.09. The lowest BCUT2D eigenvalue weighted by atomic mass is 10.0. The molecule has 0 atom stereocenters. The number of rotatable bonds is 5. The molecule has 0 saturated carbocycles. The van der Waals surface area contributed by atoms with Crippen molar-refractivity contribution < 1.29 is 0 Å². The topological polar surface area (TPSA) is 104 Å². The quantitative estimate of drug-likeness (QED) is 0.513. The lowest BCUT2D eigenvalue weighted by Gasteiger charge is -2.11. The second kappa shape index (κ2) is 7.97. The summed E-state index contributed by atoms with van der Waals surface area (Å²) in [6.07, 6.45) is 1.17. The highest BCUT2D eigenvalue weighted by Gasteiger charge is 2.18. The number of nitriles is 1. The first-order valence-electron chi connectivity index (χ1n) is 9.56. The molecule has 0 saturated heterocycles. The lowest BCUT2D eigenvalue weighted by Crippen LogP contribution is -2.30. The number of aromatic nitrogens is 4. The molecule has 0 aliphatic rings. The molecule has 0 aromatic carbocycles. The van der Waals surface area contributed by atoms with Gasteiger partial charge in [-0.05, 0) is 37.5 Å². The molecule has 0 bridgehead atoms. The summed E-state index contributed by atoms with van der Waals surface area (Å²) in [5.41, 5.74) is 1.67. The maximum Gasteiger partial charge on any atom is 0.285 e. The van der Waals surface area contributed by atoms with Gasteiger partial charge in [-0.3, -0.25) is 9.59 Å². The van der Waals surface area contributed by atoms with Crippen molar-refractivity contribution in [3.63, 3.8) is 0 Å². The number of H-pyrrole nitrogens is 1. The van der Waals surface area contributed by atoms with Crippen molar-refractivity contribution >= 4 is 32.9 Å². The second-order valence-corrected chi connectivity index (χ2v) is 8.98. The Morgan fingerprint density at radius 2 is 2.03 bits per heavy atom. The van der Waals surface area contributed by atoms with Gasteiger partial charge in [0.05, 0.1) is 11.1 Å². The van der Waals surface area contributed by atoms with E-state index >= 15 is 0 Å². The first-order chi connectivity index (χ1) is 14.5. The fourth-order valence-corrected chi connectivity index (χ4v) is 5.43. The van der Waals surface area contributed by atoms with E-state index in [4.69, 9.17) is 0 Å². The molecule has 30 heavy (non-hydrogen) atoms. The number of fused-ring (bicyclic) bond motifs is 1. The van der Waals surface area contributed by atoms with Gasteiger partial charge in [0.15, 0.2) is 0 Å². The van der Waals surface area contributed by atoms with Crippen LogP contribution in [0.5, 0.6) is 0 Å². The van der Waals surface area contributed by atoms with Crippen molar-refractivity contribution in [2.24, 2.45) is 0 Å². The molecule has 0 fully saturated rings. The van der Waals surface area contributed by atoms with Crippen LogP contribution in [0.3, 0.4) is 0 Å². The summed E-state index contributed by atoms with van der Waals surface area (Å²) >= 11 is 3.03. The zero-order valence-electron chi connectivity index (χ0n) is 16.8. The SMILES string of the molecule is CCc1nn(Cc2nc3scc(-c4ccc(C)s4)c3c(=O)[nH]2)c(=O)c(C#N)c1CC. The molecular formula is C21H19N5O2S2. The van der Waals surface area contributed by atoms with Crippen molar-refractivity contribution in [1.29, 1.82) is 5.26 Å². The van der Waals surface area contributed by atoms with Gasteiger partial charge >= 0.3 is 0 Å². The molecule has 7 nitrogen and oxygen atoms in total. The summed E-state index contributed by atoms with van der Waals surface area (Å²) in [5.74, 6) is 0.341. The number of aryl methyl sites for hydroxylation is 2. The first-order valence-corrected chi connectivity index (χ1v) is 11.3. The standard InChI is InChI=1S/C21H19N5O2S2/c1-4-12-13(8-22)21(28)26(25-15(12)5-2)9-17-23-19(27)18-14(10-29-20(18)24-17)16-7-6-11(3)30-16/h6-7,10H,4-5,9H2,1-3H3,(H,23,24,27). The summed E-state index contributed by atoms with van der Waals surface area (Å²) in [7, 11) is 0. The molecule has 1 N–H and O–H groups in total. The fourth-order valence-electron chi connectivity index (χ4n) is 3.51. The smallest absolute Gasteiger partial charge is 0.285 e. The Morgan fingerprint density at radius 3 is 2.67 bits per heavy atom. The van der Waals surface area contributed by atoms with Gasteiger partial charge in [0.2, 0.25) is 0 Å². The van der Waals surface area contributed by atoms with Gasteiger partial charge in [-0.25, -0.2) is 9.67 Å². The Kier molecular flexibility index (Phi) is 5.37. The minimum absolute atomic E-state index is 0.00102. The summed E-state index contributed by atoms with van der Waals surface area (Å²) in [5, 5.41) is 16.4. The van der Waals surface area contributed by atoms with Crippen LogP contribution in [0.2, 0.25) is 0 Å². The zero-order valence-corrected chi connectivity index (χ0v) is 18.4. The molecule has 9 heteroatoms. The van der Waals surface area contributed by atoms with Gasteiger partial charge in [-0.15, -0.1) is 22.7 Å². The molecule has 152 valence electrons. The van der Waals surface area contributed by atoms with Crippen LogP contribution in [0, 0.1) is 18.3 Å². The highest BCUT2D eigenvalue weighted by Crippen LogP contribution is 2.34. The molecule has 4 aromatic heterocycles. The van der Waals surface area contributed by atoms with Crippen LogP contribution in [0.1, 0.15) is 41.4 Å². The van der Waals surface area contributed by atoms with Crippen LogP contribution >= 0.6 is 22.7 Å². The van der Waals surface area contributed by atoms with Crippen LogP contribution in [-0.2, 0) is 19.4 Å². The average Bonchev–Trinajstić information content (AvgIpc) is 3.35. The van der Waals surface area contributed by atoms with Crippen molar-refractivity contribution in [3.05, 3.63) is 65.7 Å². The number of hydrogen-bond acceptors (Lipinski definition) is 7. The molecule has 4 heterocycles. The highest BCUT2D eigenvalue weighted by molar-refractivity contribution is 7.19. The van der Waals surface area contributed by atoms with Crippen LogP contribution in [0.25, 0.3) is 20.7 Å². The van der Waals surface area contributed by atoms with E-state index in [1.807, 2.05) is 44.4 Å². The van der Waals surface area contributed by atoms with Crippen molar-refractivity contribution in [1.82, 2.24) is 19.7 Å². The van der Waals surface area contributed by atoms with Crippen molar-refractivity contribution in [2.45, 2.75) is 40.2 Å². The summed E-state index contributed by atoms with van der Waals surface area (Å²) in [6.45, 7) is 5.86. The van der Waals surface area contributed by atoms with E-state index in [0.717, 1.165) is 10.4 Å². The molecule has 0 unspecified atom stereocenters. The fraction of sp³-hybridized carbons (Fsp3) is 0.286. The van der Waals surface area contributed by atoms with Gasteiger partial charge in [0.25, 0.3) is 11.1 Å². The maximum absolute atomic E-state index is 12.8. The highest BCUT2D eigenvalue weighted by atomic mass is 32.1. The third-order valence-electron chi connectivity index (χ3n) is 4.94. The van der Waals surface area contributed by atoms with E-state index in [9.17, 15) is 14.9 Å². The number of aromatic amines is 1. The number of nitrogens with one attached hydrogen (secondary N) is 1. The number of hydrogen-bond donors (Lipinski definition) is 1. The molecular weight excluding hydrogens is 418 g/mol. The van der Waals surface area contributed by atoms with E-state index in [-0.39, 0.29) is 17.7 Å². The maximum atomic E-state index is 12.8. The van der Waals surface area contributed by atoms with Gasteiger partial charge < -0.3 is 4.98 Å². The van der Waals surface area contributed by atoms with E-state index in [0.29, 0.717) is 40.1 Å². The molecule has 0 spiro atoms. The Bertz CT molecular complexity index is 1420. The Balaban J connectivity index is 1.80. The van der Waals surface area contributed by atoms with Crippen LogP contribution in [0.4, 0.5) is 0 Å². The first kappa shape index (κ1) is 20.2. The Morgan fingerprint density at radius 1 is 1.23 bits per heavy atom. The summed E-state index contributed by atoms with van der Waals surface area (Å²) in [6, 6.07) is 6.04. The molecule has 0 amide bonds. The minimum atomic E-state index is -0.463. The predicted molar refractivity (Wildman–Crippen MR) is 119 cm³/mol. The monoisotopic (exact) mass is 437 g/mol. The van der Waals surface area contributed by atoms with Crippen molar-refractivity contribution in [2.75, 3.05) is 0 Å². The van der Waals surface area contributed by atoms with E-state index in [1.165, 1.54) is 20.9 Å². The normalized spacial score (nSPS) is 11.1. The van der Waals surface area contributed by atoms with Gasteiger partial charge in [0, 0.05) is 20.7 Å². The van der Waals surface area contributed by atoms with E-state index in [2.05, 4.69) is 15.1 Å². The molecule has 4 rings (SSSR count). The van der Waals surface area contributed by atoms with E-state index in [1.54, 1.807) is 11.3 Å². The van der Waals surface area contributed by atoms with Gasteiger partial charge in [-0.2, -0.15) is 10.4 Å². The third kappa shape index (κ3) is 3.38. The molecule has 4 aromatic rings. The summed E-state index contributed by atoms with van der Waals surface area (Å²) < 4.78 is 1.22. The lowest BCUT2D eigenvalue weighted by molar-refractivity contribution is 0.592. The van der Waals surface area contributed by atoms with Crippen LogP contribution in [0.15, 0.2) is 27.1 Å². The second-order valence-electron chi connectivity index (χ2n) is 6.83. The van der Waals surface area contributed by atoms with Crippen LogP contribution < -0.4 is 11.1 Å². The number of nitrogens with zero attached hydrogens (tertiary/aromatic N) is 4. The minimum Gasteiger partial charge on any atom is -0.308 e. The summed E-state index contributed by atoms with van der Waals surface area (Å²) in [4.78, 5) is 35.8. The predicted octanol–water partition coefficient (Wildman–Crippen LogP) is 3.62. The number of thiophene rings is 2. The van der Waals surface area contributed by atoms with Crippen molar-refractivity contribution in [3.8, 4) is 16.5 Å². The zero-order chi connectivity index (χ0) is 21.4. The molecule has 0 aliphatic heterocycles. The van der Waals surface area contributed by atoms with Crippen LogP contribution in [-0.4, -0.2) is 19.7 Å². The van der Waals surface area contributed by atoms with Gasteiger partial charge in [0.1, 0.15) is 28.8 Å². The average molecular weight is 438 g/mol. The van der Waals surface area contributed by atoms with Gasteiger partial charge in [-0.1, -0.05) is 13.8 Å².